The van der Waals surface area contributed by atoms with Gasteiger partial charge in [0.05, 0.1) is 29.1 Å². The number of unbranched alkanes of at least 4 members (excludes halogenated alkanes) is 5. The maximum Gasteiger partial charge on any atom is 0.226 e. The van der Waals surface area contributed by atoms with Gasteiger partial charge in [-0.1, -0.05) is 129 Å². The van der Waals surface area contributed by atoms with Crippen LogP contribution in [0.25, 0.3) is 0 Å². The number of benzene rings is 2. The van der Waals surface area contributed by atoms with Crippen molar-refractivity contribution in [3.05, 3.63) is 95.2 Å². The lowest BCUT2D eigenvalue weighted by Gasteiger charge is -2.73. The van der Waals surface area contributed by atoms with E-state index < -0.39 is 27.9 Å². The first-order chi connectivity index (χ1) is 35.5. The Kier molecular flexibility index (Phi) is 15.3. The minimum Gasteiger partial charge on any atom is -0.396 e. The van der Waals surface area contributed by atoms with Crippen molar-refractivity contribution >= 4 is 28.9 Å². The molecule has 7 aliphatic rings. The lowest BCUT2D eigenvalue weighted by atomic mass is 9.32. The van der Waals surface area contributed by atoms with Crippen LogP contribution in [-0.2, 0) is 20.4 Å². The van der Waals surface area contributed by atoms with Crippen LogP contribution in [0, 0.1) is 50.7 Å². The number of aliphatic hydroxyl groups is 3. The molecule has 5 N–H and O–H groups in total. The van der Waals surface area contributed by atoms with E-state index in [9.17, 15) is 24.9 Å². The SMILES string of the molecule is C[C@H]1[C@H](C)CC[C@]2(C(=O)NCCCCCCNC(=O)CCCCCN3/C(=C/C=C/C4=[N+](C)c5ccccc5C4(C)C)C(C)(C)c4ccccc43)CC[C@]3(C)C(=CC[C@@H]4[C@@]5(C)C[C@@H](O)C[C@@](C)(CO)[C@]5(O)CC[C@]43C)[C@H]12. The lowest BCUT2D eigenvalue weighted by Crippen LogP contribution is -2.73. The normalized spacial score (nSPS) is 36.8. The van der Waals surface area contributed by atoms with Gasteiger partial charge in [-0.15, -0.1) is 0 Å². The van der Waals surface area contributed by atoms with Crippen molar-refractivity contribution in [1.82, 2.24) is 10.6 Å². The summed E-state index contributed by atoms with van der Waals surface area (Å²) in [6.45, 7) is 25.4. The number of fused-ring (bicyclic) bond motifs is 9. The van der Waals surface area contributed by atoms with Gasteiger partial charge in [0.25, 0.3) is 0 Å². The first kappa shape index (κ1) is 55.7. The average Bonchev–Trinajstić information content (AvgIpc) is 3.72. The zero-order valence-corrected chi connectivity index (χ0v) is 48.2. The number of nitrogens with zero attached hydrogens (tertiary/aromatic N) is 2. The molecule has 0 aromatic heterocycles. The van der Waals surface area contributed by atoms with Gasteiger partial charge in [0.15, 0.2) is 5.71 Å². The van der Waals surface area contributed by atoms with Crippen molar-refractivity contribution in [2.75, 3.05) is 38.2 Å². The molecule has 2 heterocycles. The number of rotatable bonds is 17. The molecule has 9 rings (SSSR count). The number of amides is 2. The smallest absolute Gasteiger partial charge is 0.226 e. The van der Waals surface area contributed by atoms with Crippen molar-refractivity contribution in [3.8, 4) is 0 Å². The monoisotopic (exact) mass is 1030 g/mol. The molecular weight excluding hydrogens is 929 g/mol. The largest absolute Gasteiger partial charge is 0.396 e. The number of carbonyl (C=O) groups is 2. The van der Waals surface area contributed by atoms with Crippen LogP contribution in [0.1, 0.15) is 190 Å². The molecule has 2 aliphatic heterocycles. The van der Waals surface area contributed by atoms with E-state index in [-0.39, 0.29) is 51.9 Å². The molecule has 9 heteroatoms. The average molecular weight is 1030 g/mol. The Hall–Kier alpha value is -4.05. The van der Waals surface area contributed by atoms with Gasteiger partial charge >= 0.3 is 0 Å². The van der Waals surface area contributed by atoms with E-state index in [1.807, 2.05) is 6.92 Å². The van der Waals surface area contributed by atoms with Gasteiger partial charge in [0.1, 0.15) is 7.05 Å². The summed E-state index contributed by atoms with van der Waals surface area (Å²) in [6, 6.07) is 17.5. The Morgan fingerprint density at radius 1 is 0.773 bits per heavy atom. The molecule has 0 radical (unpaired) electrons. The van der Waals surface area contributed by atoms with Crippen LogP contribution >= 0.6 is 0 Å². The summed E-state index contributed by atoms with van der Waals surface area (Å²) in [7, 11) is 2.17. The highest BCUT2D eigenvalue weighted by Crippen LogP contribution is 2.76. The number of carbonyl (C=O) groups excluding carboxylic acids is 2. The fourth-order valence-corrected chi connectivity index (χ4v) is 17.9. The van der Waals surface area contributed by atoms with Crippen molar-refractivity contribution in [3.63, 3.8) is 0 Å². The van der Waals surface area contributed by atoms with Crippen LogP contribution in [0.4, 0.5) is 11.4 Å². The predicted octanol–water partition coefficient (Wildman–Crippen LogP) is 12.4. The summed E-state index contributed by atoms with van der Waals surface area (Å²) in [6.07, 6.45) is 23.3. The third-order valence-electron chi connectivity index (χ3n) is 22.8. The zero-order chi connectivity index (χ0) is 54.0. The molecule has 0 spiro atoms. The van der Waals surface area contributed by atoms with E-state index >= 15 is 0 Å². The van der Waals surface area contributed by atoms with E-state index in [1.165, 1.54) is 39.5 Å². The molecular formula is C66H97N4O5+. The Balaban J connectivity index is 0.722. The number of aliphatic hydroxyl groups excluding tert-OH is 2. The number of allylic oxidation sites excluding steroid dienone is 6. The molecule has 0 unspecified atom stereocenters. The fourth-order valence-electron chi connectivity index (χ4n) is 17.9. The van der Waals surface area contributed by atoms with Gasteiger partial charge in [-0.05, 0) is 150 Å². The quantitative estimate of drug-likeness (QED) is 0.0611. The van der Waals surface area contributed by atoms with Crippen LogP contribution in [0.2, 0.25) is 0 Å². The van der Waals surface area contributed by atoms with Crippen molar-refractivity contribution in [2.45, 2.75) is 201 Å². The summed E-state index contributed by atoms with van der Waals surface area (Å²) < 4.78 is 2.33. The summed E-state index contributed by atoms with van der Waals surface area (Å²) in [5.41, 5.74) is 6.22. The second-order valence-corrected chi connectivity index (χ2v) is 27.4. The molecule has 75 heavy (non-hydrogen) atoms. The molecule has 0 saturated heterocycles. The highest BCUT2D eigenvalue weighted by molar-refractivity contribution is 6.03. The first-order valence-corrected chi connectivity index (χ1v) is 29.7. The van der Waals surface area contributed by atoms with Crippen LogP contribution < -0.4 is 15.5 Å². The van der Waals surface area contributed by atoms with Gasteiger partial charge in [0, 0.05) is 71.4 Å². The van der Waals surface area contributed by atoms with Gasteiger partial charge in [0.2, 0.25) is 17.5 Å². The van der Waals surface area contributed by atoms with Crippen molar-refractivity contribution in [2.24, 2.45) is 50.7 Å². The van der Waals surface area contributed by atoms with E-state index in [4.69, 9.17) is 0 Å². The molecule has 9 nitrogen and oxygen atoms in total. The second kappa shape index (κ2) is 20.6. The van der Waals surface area contributed by atoms with E-state index in [1.54, 1.807) is 0 Å². The summed E-state index contributed by atoms with van der Waals surface area (Å²) in [5.74, 6) is 1.65. The van der Waals surface area contributed by atoms with E-state index in [0.29, 0.717) is 50.6 Å². The minimum absolute atomic E-state index is 0.0705. The number of hydrogen-bond acceptors (Lipinski definition) is 6. The molecule has 2 aromatic rings. The third kappa shape index (κ3) is 8.95. The Bertz CT molecular complexity index is 2610. The van der Waals surface area contributed by atoms with Gasteiger partial charge in [-0.25, -0.2) is 0 Å². The fraction of sp³-hybridized carbons (Fsp3) is 0.682. The van der Waals surface area contributed by atoms with E-state index in [0.717, 1.165) is 90.0 Å². The first-order valence-electron chi connectivity index (χ1n) is 29.7. The highest BCUT2D eigenvalue weighted by atomic mass is 16.3. The van der Waals surface area contributed by atoms with Crippen LogP contribution in [-0.4, -0.2) is 82.4 Å². The molecule has 2 amide bonds. The summed E-state index contributed by atoms with van der Waals surface area (Å²) in [5, 5.41) is 41.4. The minimum atomic E-state index is -1.05. The maximum atomic E-state index is 14.7. The van der Waals surface area contributed by atoms with Crippen LogP contribution in [0.5, 0.6) is 0 Å². The number of nitrogens with one attached hydrogen (secondary N) is 2. The zero-order valence-electron chi connectivity index (χ0n) is 48.2. The topological polar surface area (TPSA) is 125 Å². The number of hydrogen-bond donors (Lipinski definition) is 5. The molecule has 4 fully saturated rings. The Morgan fingerprint density at radius 3 is 2.17 bits per heavy atom. The third-order valence-corrected chi connectivity index (χ3v) is 22.8. The van der Waals surface area contributed by atoms with Crippen molar-refractivity contribution in [1.29, 1.82) is 0 Å². The number of para-hydroxylation sites is 2. The Labute approximate surface area is 452 Å². The van der Waals surface area contributed by atoms with E-state index in [2.05, 4.69) is 162 Å². The predicted molar refractivity (Wildman–Crippen MR) is 305 cm³/mol. The molecule has 410 valence electrons. The number of anilines is 1. The summed E-state index contributed by atoms with van der Waals surface area (Å²) >= 11 is 0. The molecule has 4 saturated carbocycles. The molecule has 5 aliphatic carbocycles. The van der Waals surface area contributed by atoms with Gasteiger partial charge in [-0.3, -0.25) is 9.59 Å². The highest BCUT2D eigenvalue weighted by Gasteiger charge is 2.74. The standard InChI is InChI=1S/C66H96N4O5/c1-45-33-34-65(37-35-62(8)50(57(65)46(45)2)31-32-53-63(62,9)36-38-66(75)61(7,44-71)42-47(72)43-64(53,66)10)58(74)68-40-21-13-12-20-39-67-56(73)30-15-14-22-41-70-52-27-19-17-25-49(52)60(5,6)55(70)29-23-28-54-59(3,4)48-24-16-18-26-51(48)69(54)11/h16-19,23-29,31,45-47,53,57,71-72,75H,12-15,20-22,30,32-44H2,1-11H3,(H-,67,68,73,74)/p+1/t45-,46+,47+,53+,57+,61+,62-,63-,64-,65+,66-/m1/s1. The molecule has 11 atom stereocenters. The second-order valence-electron chi connectivity index (χ2n) is 27.4. The van der Waals surface area contributed by atoms with Crippen LogP contribution in [0.15, 0.2) is 84.1 Å². The molecule has 2 aromatic carbocycles. The summed E-state index contributed by atoms with van der Waals surface area (Å²) in [4.78, 5) is 30.2. The lowest BCUT2D eigenvalue weighted by molar-refractivity contribution is -0.401. The van der Waals surface area contributed by atoms with Gasteiger partial charge < -0.3 is 30.9 Å². The Morgan fingerprint density at radius 2 is 1.45 bits per heavy atom. The van der Waals surface area contributed by atoms with Crippen molar-refractivity contribution < 1.29 is 29.5 Å². The van der Waals surface area contributed by atoms with Crippen LogP contribution in [0.3, 0.4) is 0 Å². The maximum absolute atomic E-state index is 14.7. The van der Waals surface area contributed by atoms with Gasteiger partial charge in [-0.2, -0.15) is 4.58 Å². The molecule has 0 bridgehead atoms.